The maximum atomic E-state index is 13.3. The Morgan fingerprint density at radius 2 is 1.35 bits per heavy atom. The zero-order valence-electron chi connectivity index (χ0n) is 22.3. The number of alkyl halides is 3. The normalized spacial score (nSPS) is 15.2. The number of hydrogen-bond acceptors (Lipinski definition) is 4. The molecule has 0 N–H and O–H groups in total. The van der Waals surface area contributed by atoms with Gasteiger partial charge in [-0.1, -0.05) is 46.3 Å². The van der Waals surface area contributed by atoms with Crippen molar-refractivity contribution in [2.24, 2.45) is 0 Å². The standard InChI is InChI=1S/C32H30BrF3N2O2/c1-39-27-14-6-22(7-15-27)19-37(20-23-8-16-28(40-2)17-9-23)26-18-29-30(33)4-3-5-31(29)38(21-26)25-12-10-24(11-13-25)32(34,35)36/h3-17,26H,18-21H2,1-2H3. The monoisotopic (exact) mass is 610 g/mol. The fraction of sp³-hybridized carbons (Fsp3) is 0.250. The molecule has 1 atom stereocenters. The molecule has 4 aromatic carbocycles. The highest BCUT2D eigenvalue weighted by molar-refractivity contribution is 9.10. The van der Waals surface area contributed by atoms with Gasteiger partial charge in [-0.3, -0.25) is 4.90 Å². The second-order valence-corrected chi connectivity index (χ2v) is 10.7. The molecule has 1 unspecified atom stereocenters. The van der Waals surface area contributed by atoms with Gasteiger partial charge in [0.2, 0.25) is 0 Å². The highest BCUT2D eigenvalue weighted by Gasteiger charge is 2.33. The van der Waals surface area contributed by atoms with Crippen LogP contribution in [0, 0.1) is 0 Å². The molecule has 208 valence electrons. The van der Waals surface area contributed by atoms with Crippen LogP contribution >= 0.6 is 15.9 Å². The molecule has 0 fully saturated rings. The minimum atomic E-state index is -4.38. The third kappa shape index (κ3) is 6.29. The molecule has 0 bridgehead atoms. The van der Waals surface area contributed by atoms with Crippen LogP contribution in [0.2, 0.25) is 0 Å². The van der Waals surface area contributed by atoms with Gasteiger partial charge in [-0.2, -0.15) is 13.2 Å². The molecular formula is C32H30BrF3N2O2. The molecule has 0 saturated carbocycles. The van der Waals surface area contributed by atoms with Crippen molar-refractivity contribution in [1.29, 1.82) is 0 Å². The van der Waals surface area contributed by atoms with E-state index in [4.69, 9.17) is 9.47 Å². The summed E-state index contributed by atoms with van der Waals surface area (Å²) in [6.45, 7) is 2.02. The van der Waals surface area contributed by atoms with E-state index in [2.05, 4.69) is 50.0 Å². The first-order chi connectivity index (χ1) is 19.2. The van der Waals surface area contributed by atoms with Crippen LogP contribution in [0.4, 0.5) is 24.5 Å². The summed E-state index contributed by atoms with van der Waals surface area (Å²) < 4.78 is 51.5. The van der Waals surface area contributed by atoms with Gasteiger partial charge in [0.25, 0.3) is 0 Å². The predicted octanol–water partition coefficient (Wildman–Crippen LogP) is 8.25. The van der Waals surface area contributed by atoms with E-state index in [1.165, 1.54) is 0 Å². The summed E-state index contributed by atoms with van der Waals surface area (Å²) in [7, 11) is 3.30. The largest absolute Gasteiger partial charge is 0.497 e. The predicted molar refractivity (Wildman–Crippen MR) is 155 cm³/mol. The molecule has 0 radical (unpaired) electrons. The summed E-state index contributed by atoms with van der Waals surface area (Å²) in [4.78, 5) is 4.56. The minimum absolute atomic E-state index is 0.0812. The smallest absolute Gasteiger partial charge is 0.416 e. The van der Waals surface area contributed by atoms with Crippen molar-refractivity contribution in [2.45, 2.75) is 31.7 Å². The summed E-state index contributed by atoms with van der Waals surface area (Å²) in [5, 5.41) is 0. The van der Waals surface area contributed by atoms with Crippen LogP contribution in [-0.4, -0.2) is 31.7 Å². The number of nitrogens with zero attached hydrogens (tertiary/aromatic N) is 2. The van der Waals surface area contributed by atoms with Gasteiger partial charge < -0.3 is 14.4 Å². The van der Waals surface area contributed by atoms with Crippen LogP contribution in [0.3, 0.4) is 0 Å². The lowest BCUT2D eigenvalue weighted by atomic mass is 9.95. The summed E-state index contributed by atoms with van der Waals surface area (Å²) in [5.74, 6) is 1.60. The fourth-order valence-corrected chi connectivity index (χ4v) is 5.69. The first-order valence-corrected chi connectivity index (χ1v) is 13.8. The Morgan fingerprint density at radius 1 is 0.800 bits per heavy atom. The van der Waals surface area contributed by atoms with Crippen molar-refractivity contribution in [2.75, 3.05) is 25.7 Å². The van der Waals surface area contributed by atoms with E-state index >= 15 is 0 Å². The van der Waals surface area contributed by atoms with Crippen molar-refractivity contribution in [3.63, 3.8) is 0 Å². The molecule has 1 aliphatic rings. The highest BCUT2D eigenvalue weighted by atomic mass is 79.9. The summed E-state index contributed by atoms with van der Waals surface area (Å²) in [5.41, 5.74) is 4.50. The Hall–Kier alpha value is -3.49. The molecule has 1 aliphatic heterocycles. The van der Waals surface area contributed by atoms with E-state index in [1.54, 1.807) is 26.4 Å². The first kappa shape index (κ1) is 28.1. The molecule has 8 heteroatoms. The van der Waals surface area contributed by atoms with E-state index in [0.29, 0.717) is 19.6 Å². The molecule has 4 aromatic rings. The van der Waals surface area contributed by atoms with Crippen molar-refractivity contribution < 1.29 is 22.6 Å². The Balaban J connectivity index is 1.50. The molecule has 4 nitrogen and oxygen atoms in total. The Bertz CT molecular complexity index is 1380. The lowest BCUT2D eigenvalue weighted by molar-refractivity contribution is -0.137. The molecule has 40 heavy (non-hydrogen) atoms. The van der Waals surface area contributed by atoms with Gasteiger partial charge in [-0.05, 0) is 83.8 Å². The number of methoxy groups -OCH3 is 2. The number of anilines is 2. The van der Waals surface area contributed by atoms with Gasteiger partial charge in [-0.25, -0.2) is 0 Å². The zero-order valence-corrected chi connectivity index (χ0v) is 23.9. The van der Waals surface area contributed by atoms with Crippen molar-refractivity contribution in [3.05, 3.63) is 118 Å². The van der Waals surface area contributed by atoms with Gasteiger partial charge in [0, 0.05) is 41.5 Å². The number of benzene rings is 4. The van der Waals surface area contributed by atoms with E-state index in [1.807, 2.05) is 42.5 Å². The minimum Gasteiger partial charge on any atom is -0.497 e. The average Bonchev–Trinajstić information content (AvgIpc) is 2.97. The SMILES string of the molecule is COc1ccc(CN(Cc2ccc(OC)cc2)C2Cc3c(Br)cccc3N(c3ccc(C(F)(F)F)cc3)C2)cc1. The first-order valence-electron chi connectivity index (χ1n) is 13.0. The van der Waals surface area contributed by atoms with Crippen LogP contribution < -0.4 is 14.4 Å². The molecule has 0 aliphatic carbocycles. The van der Waals surface area contributed by atoms with Gasteiger partial charge in [0.05, 0.1) is 19.8 Å². The van der Waals surface area contributed by atoms with Crippen LogP contribution in [0.5, 0.6) is 11.5 Å². The number of halogens is 4. The van der Waals surface area contributed by atoms with Gasteiger partial charge in [0.15, 0.2) is 0 Å². The second kappa shape index (κ2) is 11.9. The lowest BCUT2D eigenvalue weighted by Crippen LogP contribution is -2.46. The molecule has 0 amide bonds. The molecular weight excluding hydrogens is 581 g/mol. The summed E-state index contributed by atoms with van der Waals surface area (Å²) in [6.07, 6.45) is -3.59. The highest BCUT2D eigenvalue weighted by Crippen LogP contribution is 2.40. The maximum absolute atomic E-state index is 13.3. The number of rotatable bonds is 8. The average molecular weight is 612 g/mol. The number of ether oxygens (including phenoxy) is 2. The van der Waals surface area contributed by atoms with Crippen molar-refractivity contribution >= 4 is 27.3 Å². The fourth-order valence-electron chi connectivity index (χ4n) is 5.18. The van der Waals surface area contributed by atoms with Gasteiger partial charge in [0.1, 0.15) is 11.5 Å². The second-order valence-electron chi connectivity index (χ2n) is 9.85. The van der Waals surface area contributed by atoms with E-state index < -0.39 is 11.7 Å². The van der Waals surface area contributed by atoms with Crippen LogP contribution in [0.1, 0.15) is 22.3 Å². The maximum Gasteiger partial charge on any atom is 0.416 e. The zero-order chi connectivity index (χ0) is 28.3. The Morgan fingerprint density at radius 3 is 1.85 bits per heavy atom. The Kier molecular flexibility index (Phi) is 8.38. The molecule has 0 saturated heterocycles. The molecule has 5 rings (SSSR count). The van der Waals surface area contributed by atoms with E-state index in [0.717, 1.165) is 62.6 Å². The Labute approximate surface area is 241 Å². The van der Waals surface area contributed by atoms with Crippen LogP contribution in [0.25, 0.3) is 0 Å². The van der Waals surface area contributed by atoms with E-state index in [9.17, 15) is 13.2 Å². The van der Waals surface area contributed by atoms with Gasteiger partial charge >= 0.3 is 6.18 Å². The number of fused-ring (bicyclic) bond motifs is 1. The molecule has 0 spiro atoms. The summed E-state index contributed by atoms with van der Waals surface area (Å²) in [6, 6.07) is 27.7. The third-order valence-corrected chi connectivity index (χ3v) is 8.07. The van der Waals surface area contributed by atoms with Crippen molar-refractivity contribution in [1.82, 2.24) is 4.90 Å². The quantitative estimate of drug-likeness (QED) is 0.200. The van der Waals surface area contributed by atoms with Crippen molar-refractivity contribution in [3.8, 4) is 11.5 Å². The summed E-state index contributed by atoms with van der Waals surface area (Å²) >= 11 is 3.74. The third-order valence-electron chi connectivity index (χ3n) is 7.33. The van der Waals surface area contributed by atoms with Gasteiger partial charge in [-0.15, -0.1) is 0 Å². The number of hydrogen-bond donors (Lipinski definition) is 0. The van der Waals surface area contributed by atoms with Crippen LogP contribution in [0.15, 0.2) is 95.5 Å². The lowest BCUT2D eigenvalue weighted by Gasteiger charge is -2.42. The molecule has 0 aromatic heterocycles. The topological polar surface area (TPSA) is 24.9 Å². The van der Waals surface area contributed by atoms with E-state index in [-0.39, 0.29) is 6.04 Å². The van der Waals surface area contributed by atoms with Crippen LogP contribution in [-0.2, 0) is 25.7 Å². The molecule has 1 heterocycles.